The summed E-state index contributed by atoms with van der Waals surface area (Å²) >= 11 is 0. The predicted octanol–water partition coefficient (Wildman–Crippen LogP) is 2.59. The maximum absolute atomic E-state index is 13.2. The molecule has 2 aromatic rings. The molecule has 1 fully saturated rings. The first-order valence-electron chi connectivity index (χ1n) is 7.50. The van der Waals surface area contributed by atoms with Crippen LogP contribution in [0, 0.1) is 17.8 Å². The largest absolute Gasteiger partial charge is 1.00 e. The zero-order chi connectivity index (χ0) is 13.9. The summed E-state index contributed by atoms with van der Waals surface area (Å²) in [6.45, 7) is 2.35. The molecule has 0 nitrogen and oxygen atoms in total. The van der Waals surface area contributed by atoms with Crippen LogP contribution in [0.3, 0.4) is 0 Å². The molecule has 1 aliphatic rings. The average molecular weight is 353 g/mol. The molecule has 0 aliphatic heterocycles. The number of rotatable bonds is 2. The zero-order valence-electron chi connectivity index (χ0n) is 12.9. The molecule has 0 bridgehead atoms. The van der Waals surface area contributed by atoms with Crippen LogP contribution in [0.5, 0.6) is 0 Å². The van der Waals surface area contributed by atoms with Gasteiger partial charge in [-0.15, -0.1) is 17.7 Å². The Bertz CT molecular complexity index is 568. The summed E-state index contributed by atoms with van der Waals surface area (Å²) in [6.07, 6.45) is 5.28. The maximum atomic E-state index is 13.2. The molecule has 1 aliphatic carbocycles. The molecule has 0 heterocycles. The van der Waals surface area contributed by atoms with Gasteiger partial charge in [-0.25, -0.2) is 4.39 Å². The van der Waals surface area contributed by atoms with Gasteiger partial charge in [-0.3, -0.25) is 0 Å². The van der Waals surface area contributed by atoms with Gasteiger partial charge < -0.3 is 0 Å². The van der Waals surface area contributed by atoms with Gasteiger partial charge in [-0.1, -0.05) is 44.0 Å². The molecule has 0 saturated heterocycles. The second-order valence-corrected chi connectivity index (χ2v) is 6.00. The van der Waals surface area contributed by atoms with E-state index >= 15 is 0 Å². The summed E-state index contributed by atoms with van der Waals surface area (Å²) in [5.41, 5.74) is 3.43. The van der Waals surface area contributed by atoms with Crippen molar-refractivity contribution in [2.24, 2.45) is 5.92 Å². The molecule has 0 atom stereocenters. The third-order valence-corrected chi connectivity index (χ3v) is 4.50. The maximum Gasteiger partial charge on any atom is 1.00 e. The molecular formula is C19H20FRb. The van der Waals surface area contributed by atoms with E-state index in [0.717, 1.165) is 17.0 Å². The Labute approximate surface area is 175 Å². The van der Waals surface area contributed by atoms with Gasteiger partial charge in [0.15, 0.2) is 0 Å². The van der Waals surface area contributed by atoms with Crippen LogP contribution in [0.25, 0.3) is 11.1 Å². The van der Waals surface area contributed by atoms with Crippen molar-refractivity contribution in [2.45, 2.75) is 38.5 Å². The summed E-state index contributed by atoms with van der Waals surface area (Å²) in [4.78, 5) is 0. The normalized spacial score (nSPS) is 21.6. The molecule has 0 N–H and O–H groups in total. The van der Waals surface area contributed by atoms with Gasteiger partial charge in [0.05, 0.1) is 0 Å². The van der Waals surface area contributed by atoms with Crippen LogP contribution in [0.1, 0.15) is 44.1 Å². The van der Waals surface area contributed by atoms with Gasteiger partial charge in [0.1, 0.15) is 0 Å². The molecule has 0 unspecified atom stereocenters. The Hall–Kier alpha value is 0.175. The molecule has 1 saturated carbocycles. The Balaban J connectivity index is 0.00000161. The van der Waals surface area contributed by atoms with Crippen LogP contribution in [0.15, 0.2) is 42.5 Å². The van der Waals surface area contributed by atoms with Gasteiger partial charge in [0, 0.05) is 5.82 Å². The molecule has 3 rings (SSSR count). The van der Waals surface area contributed by atoms with E-state index in [2.05, 4.69) is 37.3 Å². The van der Waals surface area contributed by atoms with E-state index in [1.54, 1.807) is 6.07 Å². The van der Waals surface area contributed by atoms with Crippen molar-refractivity contribution in [3.05, 3.63) is 59.9 Å². The fourth-order valence-electron chi connectivity index (χ4n) is 3.16. The second kappa shape index (κ2) is 8.15. The van der Waals surface area contributed by atoms with Crippen molar-refractivity contribution < 1.29 is 62.6 Å². The first kappa shape index (κ1) is 17.5. The molecule has 2 heteroatoms. The molecule has 0 radical (unpaired) electrons. The third kappa shape index (κ3) is 4.57. The van der Waals surface area contributed by atoms with Crippen molar-refractivity contribution in [3.8, 4) is 11.1 Å². The van der Waals surface area contributed by atoms with Crippen LogP contribution < -0.4 is 58.2 Å². The van der Waals surface area contributed by atoms with Crippen molar-refractivity contribution in [3.63, 3.8) is 0 Å². The SMILES string of the molecule is CC1CCC(c2ccc(-c3cc[c-]c(F)c3)cc2)CC1.[Rb+]. The molecule has 0 spiro atoms. The van der Waals surface area contributed by atoms with E-state index in [9.17, 15) is 4.39 Å². The van der Waals surface area contributed by atoms with E-state index in [1.165, 1.54) is 37.3 Å². The summed E-state index contributed by atoms with van der Waals surface area (Å²) in [5.74, 6) is 1.29. The van der Waals surface area contributed by atoms with Crippen LogP contribution in [-0.4, -0.2) is 0 Å². The summed E-state index contributed by atoms with van der Waals surface area (Å²) in [6, 6.07) is 16.3. The summed E-state index contributed by atoms with van der Waals surface area (Å²) in [5, 5.41) is 0. The Kier molecular flexibility index (Phi) is 6.80. The number of halogens is 1. The Morgan fingerprint density at radius 3 is 2.24 bits per heavy atom. The molecule has 0 amide bonds. The van der Waals surface area contributed by atoms with Crippen molar-refractivity contribution >= 4 is 0 Å². The molecule has 2 aromatic carbocycles. The van der Waals surface area contributed by atoms with Crippen LogP contribution in [0.2, 0.25) is 0 Å². The monoisotopic (exact) mass is 352 g/mol. The Morgan fingerprint density at radius 2 is 1.62 bits per heavy atom. The number of hydrogen-bond donors (Lipinski definition) is 0. The number of benzene rings is 2. The van der Waals surface area contributed by atoms with Crippen LogP contribution in [0.4, 0.5) is 4.39 Å². The minimum absolute atomic E-state index is 0. The van der Waals surface area contributed by atoms with Gasteiger partial charge in [-0.2, -0.15) is 12.1 Å². The fourth-order valence-corrected chi connectivity index (χ4v) is 3.16. The van der Waals surface area contributed by atoms with Crippen LogP contribution in [-0.2, 0) is 0 Å². The fraction of sp³-hybridized carbons (Fsp3) is 0.368. The van der Waals surface area contributed by atoms with E-state index in [-0.39, 0.29) is 64.0 Å². The standard InChI is InChI=1S/C19H20F.Rb/c1-14-5-7-15(8-6-14)16-9-11-17(12-10-16)18-3-2-4-19(20)13-18;/h2-3,9-15H,5-8H2,1H3;/q-1;+1. The minimum atomic E-state index is -0.298. The van der Waals surface area contributed by atoms with E-state index in [0.29, 0.717) is 5.92 Å². The first-order chi connectivity index (χ1) is 9.72. The predicted molar refractivity (Wildman–Crippen MR) is 81.0 cm³/mol. The molecule has 21 heavy (non-hydrogen) atoms. The van der Waals surface area contributed by atoms with Gasteiger partial charge in [0.2, 0.25) is 0 Å². The van der Waals surface area contributed by atoms with E-state index < -0.39 is 0 Å². The van der Waals surface area contributed by atoms with Gasteiger partial charge in [0.25, 0.3) is 0 Å². The first-order valence-corrected chi connectivity index (χ1v) is 7.50. The summed E-state index contributed by atoms with van der Waals surface area (Å²) in [7, 11) is 0. The zero-order valence-corrected chi connectivity index (χ0v) is 17.8. The topological polar surface area (TPSA) is 0 Å². The van der Waals surface area contributed by atoms with Gasteiger partial charge >= 0.3 is 58.2 Å². The molecule has 0 aromatic heterocycles. The third-order valence-electron chi connectivity index (χ3n) is 4.50. The van der Waals surface area contributed by atoms with Crippen molar-refractivity contribution in [1.82, 2.24) is 0 Å². The molecular weight excluding hydrogens is 333 g/mol. The second-order valence-electron chi connectivity index (χ2n) is 6.00. The summed E-state index contributed by atoms with van der Waals surface area (Å²) < 4.78 is 13.2. The van der Waals surface area contributed by atoms with Crippen LogP contribution >= 0.6 is 0 Å². The molecule has 104 valence electrons. The Morgan fingerprint density at radius 1 is 0.952 bits per heavy atom. The number of hydrogen-bond acceptors (Lipinski definition) is 0. The van der Waals surface area contributed by atoms with E-state index in [1.807, 2.05) is 6.07 Å². The quantitative estimate of drug-likeness (QED) is 0.729. The average Bonchev–Trinajstić information content (AvgIpc) is 2.48. The smallest absolute Gasteiger partial charge is 0.236 e. The van der Waals surface area contributed by atoms with Crippen molar-refractivity contribution in [1.29, 1.82) is 0 Å². The van der Waals surface area contributed by atoms with Gasteiger partial charge in [-0.05, 0) is 35.8 Å². The van der Waals surface area contributed by atoms with E-state index in [4.69, 9.17) is 0 Å². The minimum Gasteiger partial charge on any atom is -0.236 e. The van der Waals surface area contributed by atoms with Crippen molar-refractivity contribution in [2.75, 3.05) is 0 Å².